The second kappa shape index (κ2) is 11.7. The molecule has 0 spiro atoms. The maximum absolute atomic E-state index is 12.6. The van der Waals surface area contributed by atoms with Gasteiger partial charge < -0.3 is 19.9 Å². The van der Waals surface area contributed by atoms with Crippen LogP contribution in [0.2, 0.25) is 5.02 Å². The van der Waals surface area contributed by atoms with E-state index >= 15 is 0 Å². The highest BCUT2D eigenvalue weighted by Gasteiger charge is 2.24. The largest absolute Gasteiger partial charge is 0.493 e. The fraction of sp³-hybridized carbons (Fsp3) is 0.273. The number of carbonyl (C=O) groups is 3. The predicted octanol–water partition coefficient (Wildman–Crippen LogP) is 2.72. The Kier molecular flexibility index (Phi) is 9.03. The summed E-state index contributed by atoms with van der Waals surface area (Å²) in [4.78, 5) is 35.7. The molecule has 32 heavy (non-hydrogen) atoms. The van der Waals surface area contributed by atoms with Crippen LogP contribution in [0.4, 0.5) is 0 Å². The summed E-state index contributed by atoms with van der Waals surface area (Å²) in [6.07, 6.45) is 1.39. The SMILES string of the molecule is COc1cc(C=NNC(=O)C(NC(=O)c2cccc(Cl)c2)C(C)C)ccc1OCC(=O)O. The minimum atomic E-state index is -1.11. The van der Waals surface area contributed by atoms with Crippen molar-refractivity contribution in [1.29, 1.82) is 0 Å². The van der Waals surface area contributed by atoms with Gasteiger partial charge in [0.05, 0.1) is 13.3 Å². The Morgan fingerprint density at radius 1 is 1.16 bits per heavy atom. The molecule has 0 saturated carbocycles. The number of benzene rings is 2. The molecule has 2 amide bonds. The zero-order chi connectivity index (χ0) is 23.7. The molecular formula is C22H24ClN3O6. The zero-order valence-electron chi connectivity index (χ0n) is 17.8. The number of amides is 2. The number of carboxylic acid groups (broad SMARTS) is 1. The minimum absolute atomic E-state index is 0.195. The number of methoxy groups -OCH3 is 1. The van der Waals surface area contributed by atoms with Crippen LogP contribution in [-0.4, -0.2) is 48.9 Å². The van der Waals surface area contributed by atoms with Crippen LogP contribution in [0.3, 0.4) is 0 Å². The topological polar surface area (TPSA) is 126 Å². The summed E-state index contributed by atoms with van der Waals surface area (Å²) in [6.45, 7) is 3.09. The molecule has 0 aromatic heterocycles. The van der Waals surface area contributed by atoms with Crippen molar-refractivity contribution in [3.63, 3.8) is 0 Å². The van der Waals surface area contributed by atoms with E-state index in [2.05, 4.69) is 15.8 Å². The Morgan fingerprint density at radius 2 is 1.91 bits per heavy atom. The lowest BCUT2D eigenvalue weighted by Gasteiger charge is -2.20. The van der Waals surface area contributed by atoms with E-state index in [1.54, 1.807) is 44.2 Å². The lowest BCUT2D eigenvalue weighted by molar-refractivity contribution is -0.139. The number of aliphatic carboxylic acids is 1. The van der Waals surface area contributed by atoms with E-state index in [0.717, 1.165) is 0 Å². The second-order valence-corrected chi connectivity index (χ2v) is 7.47. The number of halogens is 1. The first-order chi connectivity index (χ1) is 15.2. The van der Waals surface area contributed by atoms with Crippen molar-refractivity contribution in [2.24, 2.45) is 11.0 Å². The lowest BCUT2D eigenvalue weighted by Crippen LogP contribution is -2.48. The zero-order valence-corrected chi connectivity index (χ0v) is 18.6. The molecule has 3 N–H and O–H groups in total. The van der Waals surface area contributed by atoms with E-state index in [-0.39, 0.29) is 11.7 Å². The van der Waals surface area contributed by atoms with Crippen molar-refractivity contribution in [3.05, 3.63) is 58.6 Å². The Labute approximate surface area is 190 Å². The van der Waals surface area contributed by atoms with E-state index in [0.29, 0.717) is 21.9 Å². The molecular weight excluding hydrogens is 438 g/mol. The maximum Gasteiger partial charge on any atom is 0.341 e. The molecule has 0 aliphatic heterocycles. The number of carbonyl (C=O) groups excluding carboxylic acids is 2. The summed E-state index contributed by atoms with van der Waals surface area (Å²) in [5, 5.41) is 15.8. The quantitative estimate of drug-likeness (QED) is 0.369. The van der Waals surface area contributed by atoms with Crippen molar-refractivity contribution in [1.82, 2.24) is 10.7 Å². The molecule has 2 rings (SSSR count). The van der Waals surface area contributed by atoms with E-state index in [1.165, 1.54) is 25.5 Å². The highest BCUT2D eigenvalue weighted by atomic mass is 35.5. The second-order valence-electron chi connectivity index (χ2n) is 7.03. The molecule has 0 fully saturated rings. The Morgan fingerprint density at radius 3 is 2.53 bits per heavy atom. The van der Waals surface area contributed by atoms with Gasteiger partial charge in [0.15, 0.2) is 18.1 Å². The molecule has 1 atom stereocenters. The first-order valence-electron chi connectivity index (χ1n) is 9.63. The highest BCUT2D eigenvalue weighted by Crippen LogP contribution is 2.27. The van der Waals surface area contributed by atoms with E-state index in [1.807, 2.05) is 0 Å². The first-order valence-corrected chi connectivity index (χ1v) is 10.0. The van der Waals surface area contributed by atoms with Gasteiger partial charge >= 0.3 is 5.97 Å². The molecule has 0 saturated heterocycles. The van der Waals surface area contributed by atoms with Gasteiger partial charge in [-0.3, -0.25) is 9.59 Å². The van der Waals surface area contributed by atoms with Gasteiger partial charge in [0, 0.05) is 10.6 Å². The van der Waals surface area contributed by atoms with Crippen molar-refractivity contribution in [3.8, 4) is 11.5 Å². The van der Waals surface area contributed by atoms with Crippen LogP contribution in [0.1, 0.15) is 29.8 Å². The van der Waals surface area contributed by atoms with Crippen molar-refractivity contribution >= 4 is 35.6 Å². The van der Waals surface area contributed by atoms with Gasteiger partial charge in [0.2, 0.25) is 0 Å². The smallest absolute Gasteiger partial charge is 0.341 e. The molecule has 10 heteroatoms. The predicted molar refractivity (Wildman–Crippen MR) is 119 cm³/mol. The molecule has 0 radical (unpaired) electrons. The number of ether oxygens (including phenoxy) is 2. The molecule has 0 aliphatic rings. The van der Waals surface area contributed by atoms with Crippen LogP contribution in [0.15, 0.2) is 47.6 Å². The Hall–Kier alpha value is -3.59. The third kappa shape index (κ3) is 7.28. The standard InChI is InChI=1S/C22H24ClN3O6/c1-13(2)20(25-21(29)15-5-4-6-16(23)10-15)22(30)26-24-11-14-7-8-17(18(9-14)31-3)32-12-19(27)28/h4-11,13,20H,12H2,1-3H3,(H,25,29)(H,26,30)(H,27,28). The van der Waals surface area contributed by atoms with Gasteiger partial charge in [-0.25, -0.2) is 10.2 Å². The van der Waals surface area contributed by atoms with Crippen LogP contribution in [-0.2, 0) is 9.59 Å². The molecule has 1 unspecified atom stereocenters. The van der Waals surface area contributed by atoms with Crippen LogP contribution in [0.5, 0.6) is 11.5 Å². The van der Waals surface area contributed by atoms with Gasteiger partial charge in [-0.15, -0.1) is 0 Å². The van der Waals surface area contributed by atoms with Crippen LogP contribution < -0.4 is 20.2 Å². The molecule has 170 valence electrons. The summed E-state index contributed by atoms with van der Waals surface area (Å²) in [5.41, 5.74) is 3.33. The number of hydrazone groups is 1. The summed E-state index contributed by atoms with van der Waals surface area (Å²) < 4.78 is 10.3. The fourth-order valence-electron chi connectivity index (χ4n) is 2.65. The molecule has 0 heterocycles. The Balaban J connectivity index is 2.03. The van der Waals surface area contributed by atoms with Gasteiger partial charge in [-0.1, -0.05) is 31.5 Å². The minimum Gasteiger partial charge on any atom is -0.493 e. The number of rotatable bonds is 10. The van der Waals surface area contributed by atoms with Crippen LogP contribution in [0.25, 0.3) is 0 Å². The van der Waals surface area contributed by atoms with Crippen LogP contribution in [0, 0.1) is 5.92 Å². The van der Waals surface area contributed by atoms with Crippen molar-refractivity contribution < 1.29 is 29.0 Å². The lowest BCUT2D eigenvalue weighted by atomic mass is 10.0. The van der Waals surface area contributed by atoms with E-state index in [4.69, 9.17) is 26.2 Å². The van der Waals surface area contributed by atoms with Gasteiger partial charge in [0.25, 0.3) is 11.8 Å². The summed E-state index contributed by atoms with van der Waals surface area (Å²) in [7, 11) is 1.42. The molecule has 9 nitrogen and oxygen atoms in total. The molecule has 0 bridgehead atoms. The van der Waals surface area contributed by atoms with Crippen molar-refractivity contribution in [2.45, 2.75) is 19.9 Å². The monoisotopic (exact) mass is 461 g/mol. The fourth-order valence-corrected chi connectivity index (χ4v) is 2.84. The number of hydrogen-bond acceptors (Lipinski definition) is 6. The Bertz CT molecular complexity index is 1010. The number of nitrogens with one attached hydrogen (secondary N) is 2. The normalized spacial score (nSPS) is 11.8. The average Bonchev–Trinajstić information content (AvgIpc) is 2.75. The highest BCUT2D eigenvalue weighted by molar-refractivity contribution is 6.31. The van der Waals surface area contributed by atoms with E-state index < -0.39 is 30.4 Å². The third-order valence-corrected chi connectivity index (χ3v) is 4.48. The van der Waals surface area contributed by atoms with Gasteiger partial charge in [-0.05, 0) is 47.9 Å². The number of hydrogen-bond donors (Lipinski definition) is 3. The number of nitrogens with zero attached hydrogens (tertiary/aromatic N) is 1. The maximum atomic E-state index is 12.6. The summed E-state index contributed by atoms with van der Waals surface area (Å²) >= 11 is 5.92. The molecule has 2 aromatic carbocycles. The van der Waals surface area contributed by atoms with Crippen molar-refractivity contribution in [2.75, 3.05) is 13.7 Å². The number of carboxylic acids is 1. The van der Waals surface area contributed by atoms with E-state index in [9.17, 15) is 14.4 Å². The summed E-state index contributed by atoms with van der Waals surface area (Å²) in [5.74, 6) is -1.64. The average molecular weight is 462 g/mol. The van der Waals surface area contributed by atoms with Gasteiger partial charge in [0.1, 0.15) is 6.04 Å². The first kappa shape index (κ1) is 24.7. The van der Waals surface area contributed by atoms with Crippen LogP contribution >= 0.6 is 11.6 Å². The molecule has 0 aliphatic carbocycles. The molecule has 2 aromatic rings. The van der Waals surface area contributed by atoms with Gasteiger partial charge in [-0.2, -0.15) is 5.10 Å². The summed E-state index contributed by atoms with van der Waals surface area (Å²) in [6, 6.07) is 10.3. The third-order valence-electron chi connectivity index (χ3n) is 4.25.